The Morgan fingerprint density at radius 1 is 0.645 bits per heavy atom. The summed E-state index contributed by atoms with van der Waals surface area (Å²) < 4.78 is 33.6. The van der Waals surface area contributed by atoms with E-state index in [-0.39, 0.29) is 4.90 Å². The van der Waals surface area contributed by atoms with Gasteiger partial charge in [-0.05, 0) is 58.0 Å². The highest BCUT2D eigenvalue weighted by Gasteiger charge is 2.37. The van der Waals surface area contributed by atoms with Crippen molar-refractivity contribution in [1.29, 1.82) is 0 Å². The molecule has 5 aromatic carbocycles. The summed E-state index contributed by atoms with van der Waals surface area (Å²) in [6, 6.07) is 27.8. The molecule has 1 fully saturated rings. The number of hydrogen-bond acceptors (Lipinski definition) is 3. The van der Waals surface area contributed by atoms with E-state index in [2.05, 4.69) is 24.3 Å². The maximum absolute atomic E-state index is 13.7. The molecule has 0 radical (unpaired) electrons. The first-order valence-corrected chi connectivity index (χ1v) is 13.8. The lowest BCUT2D eigenvalue weighted by Crippen LogP contribution is -2.15. The third-order valence-electron chi connectivity index (χ3n) is 6.35. The average Bonchev–Trinajstić information content (AvgIpc) is 3.27. The van der Waals surface area contributed by atoms with Gasteiger partial charge in [-0.15, -0.1) is 0 Å². The number of benzene rings is 5. The minimum absolute atomic E-state index is 0.271. The van der Waals surface area contributed by atoms with E-state index in [1.165, 1.54) is 0 Å². The van der Waals surface area contributed by atoms with Crippen LogP contribution in [0.1, 0.15) is 12.8 Å². The molecule has 5 aromatic rings. The van der Waals surface area contributed by atoms with E-state index in [0.717, 1.165) is 61.6 Å². The topological polar surface area (TPSA) is 43.4 Å². The standard InChI is InChI=1S/C26H22O3S2/c27-31(28,29-30(17-4-5-18-30)22-9-2-1-3-10-22)24-16-14-21-12-11-19-7-6-8-20-13-15-23(24)26(21)25(19)20/h1-3,6-16H,4-5,17-18H2. The number of hydrogen-bond donors (Lipinski definition) is 0. The molecular formula is C26H22O3S2. The molecule has 3 nitrogen and oxygen atoms in total. The van der Waals surface area contributed by atoms with Gasteiger partial charge in [0.1, 0.15) is 4.90 Å². The van der Waals surface area contributed by atoms with Crippen LogP contribution in [0.15, 0.2) is 94.7 Å². The van der Waals surface area contributed by atoms with Crippen molar-refractivity contribution in [3.05, 3.63) is 84.9 Å². The summed E-state index contributed by atoms with van der Waals surface area (Å²) >= 11 is 0. The molecule has 0 unspecified atom stereocenters. The average molecular weight is 447 g/mol. The molecule has 6 rings (SSSR count). The highest BCUT2D eigenvalue weighted by Crippen LogP contribution is 2.63. The molecule has 0 bridgehead atoms. The van der Waals surface area contributed by atoms with Gasteiger partial charge in [0.2, 0.25) is 0 Å². The van der Waals surface area contributed by atoms with E-state index < -0.39 is 20.4 Å². The van der Waals surface area contributed by atoms with Crippen LogP contribution in [0, 0.1) is 0 Å². The second kappa shape index (κ2) is 6.95. The molecule has 1 aliphatic heterocycles. The molecule has 31 heavy (non-hydrogen) atoms. The Morgan fingerprint density at radius 2 is 1.26 bits per heavy atom. The van der Waals surface area contributed by atoms with Gasteiger partial charge >= 0.3 is 10.1 Å². The molecule has 0 aliphatic carbocycles. The van der Waals surface area contributed by atoms with E-state index in [1.807, 2.05) is 54.6 Å². The van der Waals surface area contributed by atoms with Crippen molar-refractivity contribution < 1.29 is 12.0 Å². The van der Waals surface area contributed by atoms with Crippen molar-refractivity contribution in [3.8, 4) is 0 Å². The smallest absolute Gasteiger partial charge is 0.212 e. The molecule has 0 N–H and O–H groups in total. The van der Waals surface area contributed by atoms with Gasteiger partial charge in [-0.25, -0.2) is 3.63 Å². The summed E-state index contributed by atoms with van der Waals surface area (Å²) in [6.07, 6.45) is 2.00. The van der Waals surface area contributed by atoms with E-state index >= 15 is 0 Å². The van der Waals surface area contributed by atoms with Gasteiger partial charge in [0.05, 0.1) is 0 Å². The lowest BCUT2D eigenvalue weighted by Gasteiger charge is -2.34. The molecule has 156 valence electrons. The molecule has 0 atom stereocenters. The zero-order chi connectivity index (χ0) is 21.1. The Hall–Kier alpha value is -2.60. The molecule has 1 saturated heterocycles. The first kappa shape index (κ1) is 19.1. The Morgan fingerprint density at radius 3 is 1.97 bits per heavy atom. The molecule has 0 aromatic heterocycles. The summed E-state index contributed by atoms with van der Waals surface area (Å²) in [4.78, 5) is 1.29. The summed E-state index contributed by atoms with van der Waals surface area (Å²) in [5, 5.41) is 6.13. The zero-order valence-electron chi connectivity index (χ0n) is 17.0. The lowest BCUT2D eigenvalue weighted by molar-refractivity contribution is 0.511. The maximum Gasteiger partial charge on any atom is 0.307 e. The molecule has 0 amide bonds. The monoisotopic (exact) mass is 446 g/mol. The minimum atomic E-state index is -3.94. The van der Waals surface area contributed by atoms with Gasteiger partial charge < -0.3 is 0 Å². The highest BCUT2D eigenvalue weighted by molar-refractivity contribution is 8.33. The summed E-state index contributed by atoms with van der Waals surface area (Å²) in [5.74, 6) is 1.59. The van der Waals surface area contributed by atoms with Crippen LogP contribution in [0.2, 0.25) is 0 Å². The second-order valence-corrected chi connectivity index (χ2v) is 13.0. The van der Waals surface area contributed by atoms with Gasteiger partial charge in [0.25, 0.3) is 0 Å². The Kier molecular flexibility index (Phi) is 4.29. The van der Waals surface area contributed by atoms with Gasteiger partial charge in [-0.2, -0.15) is 8.42 Å². The molecular weight excluding hydrogens is 424 g/mol. The van der Waals surface area contributed by atoms with Crippen LogP contribution in [0.5, 0.6) is 0 Å². The predicted molar refractivity (Wildman–Crippen MR) is 130 cm³/mol. The summed E-state index contributed by atoms with van der Waals surface area (Å²) in [7, 11) is -5.80. The molecule has 1 aliphatic rings. The van der Waals surface area contributed by atoms with Crippen LogP contribution < -0.4 is 0 Å². The maximum atomic E-state index is 13.7. The molecule has 1 heterocycles. The Bertz CT molecular complexity index is 1500. The fourth-order valence-corrected chi connectivity index (χ4v) is 10.8. The van der Waals surface area contributed by atoms with Crippen LogP contribution in [-0.2, 0) is 13.7 Å². The van der Waals surface area contributed by atoms with E-state index in [0.29, 0.717) is 0 Å². The summed E-state index contributed by atoms with van der Waals surface area (Å²) in [5.41, 5.74) is 0. The molecule has 5 heteroatoms. The minimum Gasteiger partial charge on any atom is -0.212 e. The Balaban J connectivity index is 1.55. The molecule has 0 spiro atoms. The van der Waals surface area contributed by atoms with Crippen molar-refractivity contribution in [2.45, 2.75) is 22.6 Å². The third kappa shape index (κ3) is 2.95. The zero-order valence-corrected chi connectivity index (χ0v) is 18.6. The van der Waals surface area contributed by atoms with Gasteiger partial charge in [-0.1, -0.05) is 77.0 Å². The van der Waals surface area contributed by atoms with Crippen LogP contribution >= 0.6 is 10.3 Å². The Labute approximate surface area is 183 Å². The quantitative estimate of drug-likeness (QED) is 0.283. The number of rotatable bonds is 4. The van der Waals surface area contributed by atoms with E-state index in [1.54, 1.807) is 6.07 Å². The van der Waals surface area contributed by atoms with Crippen molar-refractivity contribution >= 4 is 52.7 Å². The SMILES string of the molecule is O=S(=O)(OS1(c2ccccc2)CCCC1)c1ccc2ccc3cccc4ccc1c2c34. The molecule has 0 saturated carbocycles. The summed E-state index contributed by atoms with van der Waals surface area (Å²) in [6.45, 7) is 0. The largest absolute Gasteiger partial charge is 0.307 e. The van der Waals surface area contributed by atoms with Crippen LogP contribution in [0.4, 0.5) is 0 Å². The van der Waals surface area contributed by atoms with E-state index in [9.17, 15) is 8.42 Å². The highest BCUT2D eigenvalue weighted by atomic mass is 32.3. The first-order valence-electron chi connectivity index (χ1n) is 10.5. The van der Waals surface area contributed by atoms with Crippen molar-refractivity contribution in [1.82, 2.24) is 0 Å². The van der Waals surface area contributed by atoms with Gasteiger partial charge in [0.15, 0.2) is 0 Å². The van der Waals surface area contributed by atoms with Crippen molar-refractivity contribution in [3.63, 3.8) is 0 Å². The predicted octanol–water partition coefficient (Wildman–Crippen LogP) is 6.86. The normalized spacial score (nSPS) is 17.5. The fraction of sp³-hybridized carbons (Fsp3) is 0.154. The van der Waals surface area contributed by atoms with E-state index in [4.69, 9.17) is 3.63 Å². The lowest BCUT2D eigenvalue weighted by atomic mass is 9.94. The van der Waals surface area contributed by atoms with Gasteiger partial charge in [-0.3, -0.25) is 0 Å². The van der Waals surface area contributed by atoms with Crippen molar-refractivity contribution in [2.75, 3.05) is 11.5 Å². The third-order valence-corrected chi connectivity index (χ3v) is 12.0. The van der Waals surface area contributed by atoms with Crippen molar-refractivity contribution in [2.24, 2.45) is 0 Å². The fourth-order valence-electron chi connectivity index (χ4n) is 4.92. The second-order valence-electron chi connectivity index (χ2n) is 8.18. The first-order chi connectivity index (χ1) is 15.1. The van der Waals surface area contributed by atoms with Crippen LogP contribution in [0.25, 0.3) is 32.3 Å². The van der Waals surface area contributed by atoms with Crippen LogP contribution in [0.3, 0.4) is 0 Å². The van der Waals surface area contributed by atoms with Crippen LogP contribution in [-0.4, -0.2) is 19.9 Å². The van der Waals surface area contributed by atoms with Gasteiger partial charge in [0, 0.05) is 21.8 Å².